The van der Waals surface area contributed by atoms with Crippen molar-refractivity contribution in [1.82, 2.24) is 9.80 Å². The molecule has 0 aromatic heterocycles. The summed E-state index contributed by atoms with van der Waals surface area (Å²) in [7, 11) is 0. The largest absolute Gasteiger partial charge is 0.379 e. The van der Waals surface area contributed by atoms with Gasteiger partial charge in [-0.15, -0.1) is 0 Å². The van der Waals surface area contributed by atoms with E-state index in [-0.39, 0.29) is 0 Å². The van der Waals surface area contributed by atoms with Crippen LogP contribution in [-0.4, -0.2) is 48.7 Å². The minimum atomic E-state index is 0.500. The Morgan fingerprint density at radius 1 is 0.920 bits per heavy atom. The van der Waals surface area contributed by atoms with Crippen LogP contribution < -0.4 is 0 Å². The van der Waals surface area contributed by atoms with Gasteiger partial charge in [0, 0.05) is 38.8 Å². The van der Waals surface area contributed by atoms with Crippen molar-refractivity contribution in [3.63, 3.8) is 0 Å². The normalized spacial score (nSPS) is 16.9. The molecule has 0 spiro atoms. The van der Waals surface area contributed by atoms with Crippen LogP contribution in [-0.2, 0) is 17.8 Å². The van der Waals surface area contributed by atoms with Crippen molar-refractivity contribution in [3.8, 4) is 0 Å². The highest BCUT2D eigenvalue weighted by molar-refractivity contribution is 5.22. The molecule has 1 heterocycles. The van der Waals surface area contributed by atoms with Gasteiger partial charge >= 0.3 is 0 Å². The molecule has 1 aliphatic heterocycles. The Kier molecular flexibility index (Phi) is 6.62. The predicted octanol–water partition coefficient (Wildman–Crippen LogP) is 3.72. The van der Waals surface area contributed by atoms with Crippen LogP contribution in [0.2, 0.25) is 0 Å². The van der Waals surface area contributed by atoms with Gasteiger partial charge in [0.15, 0.2) is 0 Å². The molecule has 0 bridgehead atoms. The van der Waals surface area contributed by atoms with E-state index in [4.69, 9.17) is 4.74 Å². The summed E-state index contributed by atoms with van der Waals surface area (Å²) in [5.41, 5.74) is 4.08. The first-order valence-corrected chi connectivity index (χ1v) is 9.34. The number of ether oxygens (including phenoxy) is 1. The quantitative estimate of drug-likeness (QED) is 0.765. The monoisotopic (exact) mass is 338 g/mol. The molecule has 3 rings (SSSR count). The average Bonchev–Trinajstić information content (AvgIpc) is 2.64. The minimum Gasteiger partial charge on any atom is -0.379 e. The Labute approximate surface area is 152 Å². The molecule has 1 saturated heterocycles. The molecule has 1 fully saturated rings. The summed E-state index contributed by atoms with van der Waals surface area (Å²) < 4.78 is 5.49. The zero-order chi connectivity index (χ0) is 17.5. The number of nitrogens with zero attached hydrogens (tertiary/aromatic N) is 2. The fraction of sp³-hybridized carbons (Fsp3) is 0.455. The molecule has 3 heteroatoms. The maximum Gasteiger partial charge on any atom is 0.0594 e. The zero-order valence-electron chi connectivity index (χ0n) is 15.5. The van der Waals surface area contributed by atoms with Crippen molar-refractivity contribution in [2.45, 2.75) is 33.0 Å². The Morgan fingerprint density at radius 3 is 2.16 bits per heavy atom. The number of hydrogen-bond acceptors (Lipinski definition) is 3. The van der Waals surface area contributed by atoms with Crippen LogP contribution in [0.25, 0.3) is 0 Å². The van der Waals surface area contributed by atoms with E-state index < -0.39 is 0 Å². The lowest BCUT2D eigenvalue weighted by atomic mass is 10.1. The van der Waals surface area contributed by atoms with Crippen LogP contribution in [0, 0.1) is 6.92 Å². The van der Waals surface area contributed by atoms with Gasteiger partial charge in [-0.3, -0.25) is 9.80 Å². The van der Waals surface area contributed by atoms with E-state index >= 15 is 0 Å². The summed E-state index contributed by atoms with van der Waals surface area (Å²) in [5, 5.41) is 0. The van der Waals surface area contributed by atoms with Gasteiger partial charge in [-0.1, -0.05) is 60.2 Å². The Bertz CT molecular complexity index is 620. The second-order valence-electron chi connectivity index (χ2n) is 7.14. The number of benzene rings is 2. The summed E-state index contributed by atoms with van der Waals surface area (Å²) in [6, 6.07) is 20.2. The third kappa shape index (κ3) is 5.67. The standard InChI is InChI=1S/C22H30N2O/c1-19-8-10-22(11-9-19)18-24(17-21-6-4-3-5-7-21)20(2)16-23-12-14-25-15-13-23/h3-11,20H,12-18H2,1-2H3. The Hall–Kier alpha value is -1.68. The summed E-state index contributed by atoms with van der Waals surface area (Å²) in [4.78, 5) is 5.12. The van der Waals surface area contributed by atoms with Gasteiger partial charge in [0.05, 0.1) is 13.2 Å². The van der Waals surface area contributed by atoms with Gasteiger partial charge in [0.2, 0.25) is 0 Å². The highest BCUT2D eigenvalue weighted by Crippen LogP contribution is 2.15. The molecule has 2 aromatic rings. The van der Waals surface area contributed by atoms with Gasteiger partial charge in [0.25, 0.3) is 0 Å². The summed E-state index contributed by atoms with van der Waals surface area (Å²) in [5.74, 6) is 0. The van der Waals surface area contributed by atoms with Crippen molar-refractivity contribution in [2.24, 2.45) is 0 Å². The predicted molar refractivity (Wildman–Crippen MR) is 104 cm³/mol. The average molecular weight is 338 g/mol. The third-order valence-electron chi connectivity index (χ3n) is 4.98. The number of morpholine rings is 1. The Balaban J connectivity index is 1.69. The molecule has 3 nitrogen and oxygen atoms in total. The van der Waals surface area contributed by atoms with Crippen molar-refractivity contribution in [2.75, 3.05) is 32.8 Å². The van der Waals surface area contributed by atoms with E-state index in [2.05, 4.69) is 78.2 Å². The summed E-state index contributed by atoms with van der Waals surface area (Å²) in [6.45, 7) is 11.4. The molecule has 0 aliphatic carbocycles. The van der Waals surface area contributed by atoms with Crippen LogP contribution in [0.3, 0.4) is 0 Å². The molecule has 0 radical (unpaired) electrons. The first kappa shape index (κ1) is 18.1. The number of hydrogen-bond donors (Lipinski definition) is 0. The van der Waals surface area contributed by atoms with Crippen molar-refractivity contribution < 1.29 is 4.74 Å². The van der Waals surface area contributed by atoms with Crippen LogP contribution >= 0.6 is 0 Å². The minimum absolute atomic E-state index is 0.500. The van der Waals surface area contributed by atoms with E-state index in [1.807, 2.05) is 0 Å². The van der Waals surface area contributed by atoms with Gasteiger partial charge in [-0.05, 0) is 25.0 Å². The lowest BCUT2D eigenvalue weighted by Crippen LogP contribution is -2.45. The van der Waals surface area contributed by atoms with E-state index in [0.29, 0.717) is 6.04 Å². The maximum absolute atomic E-state index is 5.49. The third-order valence-corrected chi connectivity index (χ3v) is 4.98. The van der Waals surface area contributed by atoms with Crippen molar-refractivity contribution in [1.29, 1.82) is 0 Å². The first-order valence-electron chi connectivity index (χ1n) is 9.34. The van der Waals surface area contributed by atoms with Crippen LogP contribution in [0.4, 0.5) is 0 Å². The topological polar surface area (TPSA) is 15.7 Å². The lowest BCUT2D eigenvalue weighted by Gasteiger charge is -2.35. The zero-order valence-corrected chi connectivity index (χ0v) is 15.5. The maximum atomic E-state index is 5.49. The summed E-state index contributed by atoms with van der Waals surface area (Å²) in [6.07, 6.45) is 0. The fourth-order valence-corrected chi connectivity index (χ4v) is 3.39. The van der Waals surface area contributed by atoms with E-state index in [1.54, 1.807) is 0 Å². The Morgan fingerprint density at radius 2 is 1.52 bits per heavy atom. The second kappa shape index (κ2) is 9.14. The molecule has 1 atom stereocenters. The molecule has 2 aromatic carbocycles. The SMILES string of the molecule is Cc1ccc(CN(Cc2ccccc2)C(C)CN2CCOCC2)cc1. The highest BCUT2D eigenvalue weighted by atomic mass is 16.5. The number of aryl methyl sites for hydroxylation is 1. The van der Waals surface area contributed by atoms with Crippen molar-refractivity contribution >= 4 is 0 Å². The lowest BCUT2D eigenvalue weighted by molar-refractivity contribution is 0.0226. The van der Waals surface area contributed by atoms with E-state index in [0.717, 1.165) is 45.9 Å². The van der Waals surface area contributed by atoms with Gasteiger partial charge in [-0.25, -0.2) is 0 Å². The van der Waals surface area contributed by atoms with Gasteiger partial charge < -0.3 is 4.74 Å². The molecule has 0 saturated carbocycles. The van der Waals surface area contributed by atoms with Crippen LogP contribution in [0.1, 0.15) is 23.6 Å². The molecular formula is C22H30N2O. The molecular weight excluding hydrogens is 308 g/mol. The van der Waals surface area contributed by atoms with Crippen LogP contribution in [0.5, 0.6) is 0 Å². The number of rotatable bonds is 7. The summed E-state index contributed by atoms with van der Waals surface area (Å²) >= 11 is 0. The molecule has 0 amide bonds. The molecule has 25 heavy (non-hydrogen) atoms. The first-order chi connectivity index (χ1) is 12.2. The van der Waals surface area contributed by atoms with Crippen LogP contribution in [0.15, 0.2) is 54.6 Å². The smallest absolute Gasteiger partial charge is 0.0594 e. The molecule has 1 aliphatic rings. The van der Waals surface area contributed by atoms with Gasteiger partial charge in [-0.2, -0.15) is 0 Å². The molecule has 134 valence electrons. The molecule has 1 unspecified atom stereocenters. The second-order valence-corrected chi connectivity index (χ2v) is 7.14. The molecule has 0 N–H and O–H groups in total. The fourth-order valence-electron chi connectivity index (χ4n) is 3.39. The highest BCUT2D eigenvalue weighted by Gasteiger charge is 2.19. The van der Waals surface area contributed by atoms with Gasteiger partial charge in [0.1, 0.15) is 0 Å². The van der Waals surface area contributed by atoms with E-state index in [1.165, 1.54) is 16.7 Å². The van der Waals surface area contributed by atoms with E-state index in [9.17, 15) is 0 Å². The van der Waals surface area contributed by atoms with Crippen molar-refractivity contribution in [3.05, 3.63) is 71.3 Å².